The SMILES string of the molecule is O=C(/C=C/c1cccc(Cl)c1)NCCc1ccc(F)cc1. The first-order valence-corrected chi connectivity index (χ1v) is 6.97. The van der Waals surface area contributed by atoms with Gasteiger partial charge in [-0.15, -0.1) is 0 Å². The highest BCUT2D eigenvalue weighted by Gasteiger charge is 1.97. The van der Waals surface area contributed by atoms with E-state index < -0.39 is 0 Å². The Labute approximate surface area is 128 Å². The summed E-state index contributed by atoms with van der Waals surface area (Å²) in [5, 5.41) is 3.41. The van der Waals surface area contributed by atoms with Crippen LogP contribution in [0.25, 0.3) is 6.08 Å². The maximum atomic E-state index is 12.7. The highest BCUT2D eigenvalue weighted by atomic mass is 35.5. The Kier molecular flexibility index (Phi) is 5.52. The number of hydrogen-bond donors (Lipinski definition) is 1. The number of hydrogen-bond acceptors (Lipinski definition) is 1. The van der Waals surface area contributed by atoms with E-state index in [2.05, 4.69) is 5.32 Å². The van der Waals surface area contributed by atoms with Gasteiger partial charge < -0.3 is 5.32 Å². The molecule has 2 rings (SSSR count). The Morgan fingerprint density at radius 1 is 1.19 bits per heavy atom. The van der Waals surface area contributed by atoms with Crippen LogP contribution in [0.15, 0.2) is 54.6 Å². The van der Waals surface area contributed by atoms with Gasteiger partial charge in [0.2, 0.25) is 5.91 Å². The zero-order valence-corrected chi connectivity index (χ0v) is 12.1. The molecule has 2 nitrogen and oxygen atoms in total. The molecule has 0 aliphatic carbocycles. The molecule has 0 fully saturated rings. The molecule has 0 spiro atoms. The van der Waals surface area contributed by atoms with Crippen molar-refractivity contribution >= 4 is 23.6 Å². The van der Waals surface area contributed by atoms with Crippen molar-refractivity contribution in [1.29, 1.82) is 0 Å². The van der Waals surface area contributed by atoms with Crippen molar-refractivity contribution in [1.82, 2.24) is 5.32 Å². The van der Waals surface area contributed by atoms with Gasteiger partial charge in [-0.3, -0.25) is 4.79 Å². The van der Waals surface area contributed by atoms with Crippen molar-refractivity contribution in [2.75, 3.05) is 6.54 Å². The van der Waals surface area contributed by atoms with Gasteiger partial charge in [-0.05, 0) is 47.9 Å². The summed E-state index contributed by atoms with van der Waals surface area (Å²) < 4.78 is 12.7. The van der Waals surface area contributed by atoms with Gasteiger partial charge in [-0.25, -0.2) is 4.39 Å². The lowest BCUT2D eigenvalue weighted by molar-refractivity contribution is -0.116. The van der Waals surface area contributed by atoms with Crippen molar-refractivity contribution in [2.45, 2.75) is 6.42 Å². The Hall–Kier alpha value is -2.13. The first-order chi connectivity index (χ1) is 10.1. The molecular formula is C17H15ClFNO. The van der Waals surface area contributed by atoms with E-state index in [1.807, 2.05) is 12.1 Å². The maximum Gasteiger partial charge on any atom is 0.244 e. The minimum absolute atomic E-state index is 0.169. The van der Waals surface area contributed by atoms with Gasteiger partial charge in [0.1, 0.15) is 5.82 Å². The van der Waals surface area contributed by atoms with Crippen LogP contribution in [0, 0.1) is 5.82 Å². The predicted octanol–water partition coefficient (Wildman–Crippen LogP) is 3.85. The number of nitrogens with one attached hydrogen (secondary N) is 1. The van der Waals surface area contributed by atoms with Gasteiger partial charge in [-0.1, -0.05) is 35.9 Å². The summed E-state index contributed by atoms with van der Waals surface area (Å²) in [7, 11) is 0. The Bertz CT molecular complexity index is 637. The van der Waals surface area contributed by atoms with E-state index in [9.17, 15) is 9.18 Å². The summed E-state index contributed by atoms with van der Waals surface area (Å²) in [6.07, 6.45) is 3.84. The maximum absolute atomic E-state index is 12.7. The van der Waals surface area contributed by atoms with Crippen LogP contribution < -0.4 is 5.32 Å². The summed E-state index contributed by atoms with van der Waals surface area (Å²) in [5.74, 6) is -0.427. The van der Waals surface area contributed by atoms with E-state index >= 15 is 0 Å². The summed E-state index contributed by atoms with van der Waals surface area (Å²) in [4.78, 5) is 11.7. The summed E-state index contributed by atoms with van der Waals surface area (Å²) in [6.45, 7) is 0.504. The van der Waals surface area contributed by atoms with Gasteiger partial charge >= 0.3 is 0 Å². The standard InChI is InChI=1S/C17H15ClFNO/c18-15-3-1-2-14(12-15)6-9-17(21)20-11-10-13-4-7-16(19)8-5-13/h1-9,12H,10-11H2,(H,20,21)/b9-6+. The molecule has 1 N–H and O–H groups in total. The average molecular weight is 304 g/mol. The third kappa shape index (κ3) is 5.40. The monoisotopic (exact) mass is 303 g/mol. The topological polar surface area (TPSA) is 29.1 Å². The van der Waals surface area contributed by atoms with Crippen LogP contribution in [0.2, 0.25) is 5.02 Å². The molecule has 0 saturated heterocycles. The summed E-state index contributed by atoms with van der Waals surface area (Å²) in [6, 6.07) is 13.5. The second-order valence-corrected chi connectivity index (χ2v) is 4.99. The summed E-state index contributed by atoms with van der Waals surface area (Å²) in [5.41, 5.74) is 1.85. The molecule has 0 aliphatic rings. The minimum atomic E-state index is -0.257. The van der Waals surface area contributed by atoms with E-state index in [1.54, 1.807) is 30.3 Å². The molecule has 0 atom stereocenters. The molecule has 108 valence electrons. The number of carbonyl (C=O) groups is 1. The van der Waals surface area contributed by atoms with Gasteiger partial charge in [-0.2, -0.15) is 0 Å². The normalized spacial score (nSPS) is 10.8. The molecule has 0 aliphatic heterocycles. The lowest BCUT2D eigenvalue weighted by atomic mass is 10.1. The fraction of sp³-hybridized carbons (Fsp3) is 0.118. The zero-order valence-electron chi connectivity index (χ0n) is 11.4. The van der Waals surface area contributed by atoms with Crippen LogP contribution in [-0.4, -0.2) is 12.5 Å². The van der Waals surface area contributed by atoms with Crippen molar-refractivity contribution in [2.24, 2.45) is 0 Å². The predicted molar refractivity (Wildman–Crippen MR) is 83.6 cm³/mol. The van der Waals surface area contributed by atoms with Crippen molar-refractivity contribution < 1.29 is 9.18 Å². The fourth-order valence-corrected chi connectivity index (χ4v) is 2.02. The highest BCUT2D eigenvalue weighted by Crippen LogP contribution is 2.11. The molecular weight excluding hydrogens is 289 g/mol. The lowest BCUT2D eigenvalue weighted by Crippen LogP contribution is -2.23. The van der Waals surface area contributed by atoms with E-state index in [-0.39, 0.29) is 11.7 Å². The van der Waals surface area contributed by atoms with Crippen LogP contribution in [0.5, 0.6) is 0 Å². The van der Waals surface area contributed by atoms with Gasteiger partial charge in [0.15, 0.2) is 0 Å². The van der Waals surface area contributed by atoms with E-state index in [0.29, 0.717) is 18.0 Å². The van der Waals surface area contributed by atoms with Crippen molar-refractivity contribution in [3.05, 3.63) is 76.6 Å². The van der Waals surface area contributed by atoms with Crippen LogP contribution >= 0.6 is 11.6 Å². The second kappa shape index (κ2) is 7.60. The molecule has 0 heterocycles. The number of amides is 1. The van der Waals surface area contributed by atoms with Crippen LogP contribution in [0.3, 0.4) is 0 Å². The average Bonchev–Trinajstić information content (AvgIpc) is 2.47. The first kappa shape index (κ1) is 15.3. The zero-order chi connectivity index (χ0) is 15.1. The highest BCUT2D eigenvalue weighted by molar-refractivity contribution is 6.30. The molecule has 1 amide bonds. The lowest BCUT2D eigenvalue weighted by Gasteiger charge is -2.02. The number of benzene rings is 2. The first-order valence-electron chi connectivity index (χ1n) is 6.59. The van der Waals surface area contributed by atoms with Gasteiger partial charge in [0.05, 0.1) is 0 Å². The third-order valence-corrected chi connectivity index (χ3v) is 3.14. The molecule has 0 radical (unpaired) electrons. The smallest absolute Gasteiger partial charge is 0.244 e. The quantitative estimate of drug-likeness (QED) is 0.835. The molecule has 0 bridgehead atoms. The molecule has 2 aromatic rings. The van der Waals surface area contributed by atoms with Crippen LogP contribution in [-0.2, 0) is 11.2 Å². The fourth-order valence-electron chi connectivity index (χ4n) is 1.82. The number of carbonyl (C=O) groups excluding carboxylic acids is 1. The van der Waals surface area contributed by atoms with Crippen LogP contribution in [0.4, 0.5) is 4.39 Å². The number of halogens is 2. The van der Waals surface area contributed by atoms with E-state index in [4.69, 9.17) is 11.6 Å². The van der Waals surface area contributed by atoms with Crippen molar-refractivity contribution in [3.63, 3.8) is 0 Å². The molecule has 0 aromatic heterocycles. The Morgan fingerprint density at radius 3 is 2.67 bits per heavy atom. The van der Waals surface area contributed by atoms with Crippen molar-refractivity contribution in [3.8, 4) is 0 Å². The minimum Gasteiger partial charge on any atom is -0.352 e. The molecule has 21 heavy (non-hydrogen) atoms. The van der Waals surface area contributed by atoms with Crippen LogP contribution in [0.1, 0.15) is 11.1 Å². The molecule has 0 saturated carbocycles. The van der Waals surface area contributed by atoms with E-state index in [1.165, 1.54) is 18.2 Å². The number of rotatable bonds is 5. The largest absolute Gasteiger partial charge is 0.352 e. The van der Waals surface area contributed by atoms with Gasteiger partial charge in [0, 0.05) is 17.6 Å². The van der Waals surface area contributed by atoms with Gasteiger partial charge in [0.25, 0.3) is 0 Å². The molecule has 4 heteroatoms. The molecule has 0 unspecified atom stereocenters. The second-order valence-electron chi connectivity index (χ2n) is 4.56. The Morgan fingerprint density at radius 2 is 1.95 bits per heavy atom. The summed E-state index contributed by atoms with van der Waals surface area (Å²) >= 11 is 5.86. The Balaban J connectivity index is 1.78. The molecule has 2 aromatic carbocycles. The third-order valence-electron chi connectivity index (χ3n) is 2.90. The van der Waals surface area contributed by atoms with E-state index in [0.717, 1.165) is 11.1 Å².